The molecule has 0 heterocycles. The van der Waals surface area contributed by atoms with E-state index in [9.17, 15) is 9.59 Å². The topological polar surface area (TPSA) is 138 Å². The van der Waals surface area contributed by atoms with E-state index in [0.29, 0.717) is 45.0 Å². The van der Waals surface area contributed by atoms with Crippen LogP contribution in [0.5, 0.6) is 0 Å². The summed E-state index contributed by atoms with van der Waals surface area (Å²) in [5.74, 6) is -0.0766. The van der Waals surface area contributed by atoms with Crippen molar-refractivity contribution in [3.63, 3.8) is 0 Å². The fourth-order valence-electron chi connectivity index (χ4n) is 2.92. The number of hydrogen-bond donors (Lipinski definition) is 4. The van der Waals surface area contributed by atoms with Crippen LogP contribution in [0.4, 0.5) is 22.7 Å². The molecule has 0 amide bonds. The number of benzene rings is 4. The van der Waals surface area contributed by atoms with Gasteiger partial charge in [0.2, 0.25) is 0 Å². The third kappa shape index (κ3) is 5.73. The number of carbonyl (C=O) groups excluding carboxylic acids is 2. The van der Waals surface area contributed by atoms with Gasteiger partial charge in [0.25, 0.3) is 0 Å². The number of nitrogen functional groups attached to an aromatic ring is 4. The monoisotopic (exact) mass is 424 g/mol. The number of rotatable bonds is 4. The highest BCUT2D eigenvalue weighted by atomic mass is 16.1. The second kappa shape index (κ2) is 9.95. The van der Waals surface area contributed by atoms with E-state index in [1.807, 2.05) is 0 Å². The summed E-state index contributed by atoms with van der Waals surface area (Å²) in [6.07, 6.45) is 0. The van der Waals surface area contributed by atoms with Crippen LogP contribution in [-0.2, 0) is 0 Å². The summed E-state index contributed by atoms with van der Waals surface area (Å²) in [7, 11) is 0. The summed E-state index contributed by atoms with van der Waals surface area (Å²) in [6, 6.07) is 27.5. The Balaban J connectivity index is 0.000000181. The van der Waals surface area contributed by atoms with Gasteiger partial charge in [0.1, 0.15) is 0 Å². The van der Waals surface area contributed by atoms with Gasteiger partial charge in [0.05, 0.1) is 0 Å². The predicted molar refractivity (Wildman–Crippen MR) is 130 cm³/mol. The van der Waals surface area contributed by atoms with Gasteiger partial charge >= 0.3 is 0 Å². The van der Waals surface area contributed by atoms with Crippen molar-refractivity contribution in [2.24, 2.45) is 0 Å². The van der Waals surface area contributed by atoms with E-state index in [2.05, 4.69) is 0 Å². The van der Waals surface area contributed by atoms with Crippen LogP contribution in [0.3, 0.4) is 0 Å². The molecule has 0 aliphatic carbocycles. The third-order valence-electron chi connectivity index (χ3n) is 4.67. The fraction of sp³-hybridized carbons (Fsp3) is 0. The van der Waals surface area contributed by atoms with E-state index >= 15 is 0 Å². The average Bonchev–Trinajstić information content (AvgIpc) is 2.80. The summed E-state index contributed by atoms with van der Waals surface area (Å²) < 4.78 is 0. The van der Waals surface area contributed by atoms with Crippen molar-refractivity contribution in [1.82, 2.24) is 0 Å². The molecule has 8 N–H and O–H groups in total. The zero-order valence-electron chi connectivity index (χ0n) is 17.4. The molecule has 0 unspecified atom stereocenters. The molecular weight excluding hydrogens is 400 g/mol. The lowest BCUT2D eigenvalue weighted by molar-refractivity contribution is 0.103. The molecule has 0 atom stereocenters. The number of ketones is 2. The van der Waals surface area contributed by atoms with Crippen LogP contribution in [0.25, 0.3) is 0 Å². The predicted octanol–water partition coefficient (Wildman–Crippen LogP) is 4.16. The second-order valence-electron chi connectivity index (χ2n) is 7.15. The standard InChI is InChI=1S/2C13H12N2O/c14-11-5-1-9(2-6-11)13(16)10-3-7-12(15)8-4-10;14-11-6-4-9(5-7-11)13(16)10-2-1-3-12(15)8-10/h2*1-8H,14-15H2. The first-order chi connectivity index (χ1) is 15.3. The molecule has 0 aromatic heterocycles. The van der Waals surface area contributed by atoms with Crippen LogP contribution in [0.2, 0.25) is 0 Å². The number of hydrogen-bond acceptors (Lipinski definition) is 6. The molecule has 0 saturated heterocycles. The summed E-state index contributed by atoms with van der Waals surface area (Å²) in [4.78, 5) is 24.0. The molecule has 4 rings (SSSR count). The van der Waals surface area contributed by atoms with Gasteiger partial charge in [-0.3, -0.25) is 9.59 Å². The first-order valence-corrected chi connectivity index (χ1v) is 9.85. The quantitative estimate of drug-likeness (QED) is 0.287. The Morgan fingerprint density at radius 3 is 1.09 bits per heavy atom. The molecule has 0 aliphatic heterocycles. The molecule has 0 fully saturated rings. The Kier molecular flexibility index (Phi) is 6.88. The highest BCUT2D eigenvalue weighted by Gasteiger charge is 2.09. The SMILES string of the molecule is Nc1ccc(C(=O)c2ccc(N)cc2)cc1.Nc1ccc(C(=O)c2cccc(N)c2)cc1. The smallest absolute Gasteiger partial charge is 0.193 e. The molecule has 160 valence electrons. The van der Waals surface area contributed by atoms with E-state index in [4.69, 9.17) is 22.9 Å². The number of carbonyl (C=O) groups is 2. The summed E-state index contributed by atoms with van der Waals surface area (Å²) in [5, 5.41) is 0. The van der Waals surface area contributed by atoms with Crippen LogP contribution < -0.4 is 22.9 Å². The van der Waals surface area contributed by atoms with Gasteiger partial charge in [-0.15, -0.1) is 0 Å². The third-order valence-corrected chi connectivity index (χ3v) is 4.67. The minimum atomic E-state index is -0.0488. The number of anilines is 4. The van der Waals surface area contributed by atoms with Crippen LogP contribution in [-0.4, -0.2) is 11.6 Å². The Hall–Kier alpha value is -4.58. The van der Waals surface area contributed by atoms with E-state index in [-0.39, 0.29) is 11.6 Å². The lowest BCUT2D eigenvalue weighted by Gasteiger charge is -2.02. The van der Waals surface area contributed by atoms with Gasteiger partial charge in [-0.25, -0.2) is 0 Å². The van der Waals surface area contributed by atoms with E-state index in [1.165, 1.54) is 0 Å². The average molecular weight is 425 g/mol. The van der Waals surface area contributed by atoms with Crippen molar-refractivity contribution in [1.29, 1.82) is 0 Å². The van der Waals surface area contributed by atoms with Crippen LogP contribution in [0.15, 0.2) is 97.1 Å². The van der Waals surface area contributed by atoms with E-state index in [0.717, 1.165) is 0 Å². The molecule has 4 aromatic carbocycles. The van der Waals surface area contributed by atoms with Gasteiger partial charge in [0.15, 0.2) is 11.6 Å². The maximum Gasteiger partial charge on any atom is 0.193 e. The maximum atomic E-state index is 12.0. The van der Waals surface area contributed by atoms with Crippen molar-refractivity contribution < 1.29 is 9.59 Å². The van der Waals surface area contributed by atoms with Gasteiger partial charge in [-0.1, -0.05) is 12.1 Å². The van der Waals surface area contributed by atoms with Crippen molar-refractivity contribution >= 4 is 34.3 Å². The molecular formula is C26H24N4O2. The summed E-state index contributed by atoms with van der Waals surface area (Å²) in [5.41, 5.74) is 27.3. The van der Waals surface area contributed by atoms with Gasteiger partial charge in [-0.05, 0) is 84.9 Å². The van der Waals surface area contributed by atoms with Crippen molar-refractivity contribution in [3.05, 3.63) is 119 Å². The van der Waals surface area contributed by atoms with Crippen molar-refractivity contribution in [2.45, 2.75) is 0 Å². The minimum absolute atomic E-state index is 0.0278. The lowest BCUT2D eigenvalue weighted by Crippen LogP contribution is -2.02. The van der Waals surface area contributed by atoms with Gasteiger partial charge < -0.3 is 22.9 Å². The zero-order valence-corrected chi connectivity index (χ0v) is 17.4. The largest absolute Gasteiger partial charge is 0.399 e. The van der Waals surface area contributed by atoms with Crippen LogP contribution in [0.1, 0.15) is 31.8 Å². The molecule has 0 aliphatic rings. The summed E-state index contributed by atoms with van der Waals surface area (Å²) in [6.45, 7) is 0. The fourth-order valence-corrected chi connectivity index (χ4v) is 2.92. The highest BCUT2D eigenvalue weighted by Crippen LogP contribution is 2.15. The van der Waals surface area contributed by atoms with Gasteiger partial charge in [-0.2, -0.15) is 0 Å². The second-order valence-corrected chi connectivity index (χ2v) is 7.15. The molecule has 6 nitrogen and oxygen atoms in total. The molecule has 32 heavy (non-hydrogen) atoms. The number of nitrogens with two attached hydrogens (primary N) is 4. The Morgan fingerprint density at radius 2 is 0.750 bits per heavy atom. The van der Waals surface area contributed by atoms with Crippen molar-refractivity contribution in [3.8, 4) is 0 Å². The highest BCUT2D eigenvalue weighted by molar-refractivity contribution is 6.10. The molecule has 0 saturated carbocycles. The van der Waals surface area contributed by atoms with Crippen molar-refractivity contribution in [2.75, 3.05) is 22.9 Å². The molecule has 0 bridgehead atoms. The Labute approximate surface area is 186 Å². The molecule has 4 aromatic rings. The summed E-state index contributed by atoms with van der Waals surface area (Å²) >= 11 is 0. The molecule has 6 heteroatoms. The Morgan fingerprint density at radius 1 is 0.406 bits per heavy atom. The van der Waals surface area contributed by atoms with Crippen LogP contribution >= 0.6 is 0 Å². The first-order valence-electron chi connectivity index (χ1n) is 9.85. The maximum absolute atomic E-state index is 12.0. The minimum Gasteiger partial charge on any atom is -0.399 e. The van der Waals surface area contributed by atoms with E-state index < -0.39 is 0 Å². The molecule has 0 radical (unpaired) electrons. The Bertz CT molecular complexity index is 1170. The van der Waals surface area contributed by atoms with Gasteiger partial charge in [0, 0.05) is 45.0 Å². The molecule has 0 spiro atoms. The normalized spacial score (nSPS) is 10.0. The lowest BCUT2D eigenvalue weighted by atomic mass is 10.0. The first kappa shape index (κ1) is 22.1. The zero-order chi connectivity index (χ0) is 23.1. The van der Waals surface area contributed by atoms with Crippen LogP contribution in [0, 0.1) is 0 Å². The van der Waals surface area contributed by atoms with E-state index in [1.54, 1.807) is 97.1 Å².